The largest absolute Gasteiger partial charge is 0.372 e. The van der Waals surface area contributed by atoms with Gasteiger partial charge in [-0.05, 0) is 37.7 Å². The summed E-state index contributed by atoms with van der Waals surface area (Å²) < 4.78 is 19.8. The van der Waals surface area contributed by atoms with Crippen LogP contribution in [0.3, 0.4) is 0 Å². The van der Waals surface area contributed by atoms with E-state index >= 15 is 0 Å². The van der Waals surface area contributed by atoms with Crippen LogP contribution < -0.4 is 5.32 Å². The number of hydrogen-bond acceptors (Lipinski definition) is 2. The molecule has 1 aromatic carbocycles. The Kier molecular flexibility index (Phi) is 5.99. The molecular formula is C17H26FNO. The highest BCUT2D eigenvalue weighted by molar-refractivity contribution is 5.20. The Balaban J connectivity index is 1.87. The molecule has 1 N–H and O–H groups in total. The molecule has 0 amide bonds. The monoisotopic (exact) mass is 279 g/mol. The van der Waals surface area contributed by atoms with E-state index in [4.69, 9.17) is 4.74 Å². The third-order valence-corrected chi connectivity index (χ3v) is 3.67. The maximum atomic E-state index is 13.9. The van der Waals surface area contributed by atoms with Gasteiger partial charge in [0.1, 0.15) is 5.82 Å². The Morgan fingerprint density at radius 2 is 2.05 bits per heavy atom. The molecular weight excluding hydrogens is 253 g/mol. The van der Waals surface area contributed by atoms with Crippen molar-refractivity contribution < 1.29 is 9.13 Å². The number of hydrogen-bond donors (Lipinski definition) is 1. The van der Waals surface area contributed by atoms with E-state index in [-0.39, 0.29) is 11.9 Å². The van der Waals surface area contributed by atoms with Crippen molar-refractivity contribution in [3.63, 3.8) is 0 Å². The maximum Gasteiger partial charge on any atom is 0.129 e. The summed E-state index contributed by atoms with van der Waals surface area (Å²) in [4.78, 5) is 0. The van der Waals surface area contributed by atoms with Crippen LogP contribution in [-0.2, 0) is 4.74 Å². The Morgan fingerprint density at radius 3 is 2.70 bits per heavy atom. The van der Waals surface area contributed by atoms with Gasteiger partial charge in [-0.2, -0.15) is 0 Å². The molecule has 0 radical (unpaired) electrons. The van der Waals surface area contributed by atoms with Gasteiger partial charge in [0.25, 0.3) is 0 Å². The van der Waals surface area contributed by atoms with Gasteiger partial charge in [-0.25, -0.2) is 4.39 Å². The van der Waals surface area contributed by atoms with E-state index in [0.717, 1.165) is 12.8 Å². The predicted octanol–water partition coefficient (Wildman–Crippen LogP) is 4.07. The van der Waals surface area contributed by atoms with Crippen LogP contribution in [0.4, 0.5) is 4.39 Å². The lowest BCUT2D eigenvalue weighted by molar-refractivity contribution is 0.0461. The van der Waals surface area contributed by atoms with E-state index in [1.54, 1.807) is 6.07 Å². The predicted molar refractivity (Wildman–Crippen MR) is 80.2 cm³/mol. The Morgan fingerprint density at radius 1 is 1.30 bits per heavy atom. The summed E-state index contributed by atoms with van der Waals surface area (Å²) in [6.45, 7) is 5.82. The SMILES string of the molecule is CC(C)CCCOC(CNC1CC1)c1ccccc1F. The molecule has 1 aliphatic carbocycles. The number of nitrogens with one attached hydrogen (secondary N) is 1. The molecule has 1 fully saturated rings. The van der Waals surface area contributed by atoms with Gasteiger partial charge in [-0.1, -0.05) is 32.0 Å². The maximum absolute atomic E-state index is 13.9. The molecule has 0 spiro atoms. The third kappa shape index (κ3) is 5.22. The van der Waals surface area contributed by atoms with Crippen molar-refractivity contribution in [1.29, 1.82) is 0 Å². The van der Waals surface area contributed by atoms with Crippen LogP contribution in [0.25, 0.3) is 0 Å². The summed E-state index contributed by atoms with van der Waals surface area (Å²) in [5, 5.41) is 3.44. The fraction of sp³-hybridized carbons (Fsp3) is 0.647. The van der Waals surface area contributed by atoms with E-state index in [9.17, 15) is 4.39 Å². The van der Waals surface area contributed by atoms with Crippen LogP contribution >= 0.6 is 0 Å². The van der Waals surface area contributed by atoms with Crippen LogP contribution in [0, 0.1) is 11.7 Å². The second-order valence-corrected chi connectivity index (χ2v) is 6.10. The van der Waals surface area contributed by atoms with Crippen molar-refractivity contribution in [2.45, 2.75) is 51.7 Å². The molecule has 2 nitrogen and oxygen atoms in total. The van der Waals surface area contributed by atoms with Crippen molar-refractivity contribution in [2.75, 3.05) is 13.2 Å². The minimum Gasteiger partial charge on any atom is -0.372 e. The lowest BCUT2D eigenvalue weighted by atomic mass is 10.1. The van der Waals surface area contributed by atoms with Crippen molar-refractivity contribution in [2.24, 2.45) is 5.92 Å². The molecule has 1 saturated carbocycles. The van der Waals surface area contributed by atoms with Crippen molar-refractivity contribution in [1.82, 2.24) is 5.32 Å². The molecule has 0 bridgehead atoms. The summed E-state index contributed by atoms with van der Waals surface area (Å²) in [5.74, 6) is 0.522. The number of halogens is 1. The molecule has 0 aromatic heterocycles. The molecule has 112 valence electrons. The summed E-state index contributed by atoms with van der Waals surface area (Å²) in [6.07, 6.45) is 4.48. The summed E-state index contributed by atoms with van der Waals surface area (Å²) in [6, 6.07) is 7.56. The van der Waals surface area contributed by atoms with E-state index in [0.29, 0.717) is 30.7 Å². The molecule has 1 aliphatic rings. The Bertz CT molecular complexity index is 404. The fourth-order valence-corrected chi connectivity index (χ4v) is 2.27. The lowest BCUT2D eigenvalue weighted by Crippen LogP contribution is -2.26. The first kappa shape index (κ1) is 15.5. The molecule has 1 unspecified atom stereocenters. The van der Waals surface area contributed by atoms with E-state index in [1.165, 1.54) is 18.9 Å². The van der Waals surface area contributed by atoms with Crippen LogP contribution in [-0.4, -0.2) is 19.2 Å². The van der Waals surface area contributed by atoms with Crippen molar-refractivity contribution in [3.8, 4) is 0 Å². The Hall–Kier alpha value is -0.930. The zero-order valence-corrected chi connectivity index (χ0v) is 12.6. The topological polar surface area (TPSA) is 21.3 Å². The molecule has 0 heterocycles. The number of rotatable bonds is 9. The van der Waals surface area contributed by atoms with Gasteiger partial charge in [-0.15, -0.1) is 0 Å². The molecule has 20 heavy (non-hydrogen) atoms. The first-order valence-electron chi connectivity index (χ1n) is 7.76. The first-order valence-corrected chi connectivity index (χ1v) is 7.76. The molecule has 0 aliphatic heterocycles. The molecule has 2 rings (SSSR count). The van der Waals surface area contributed by atoms with Gasteiger partial charge in [-0.3, -0.25) is 0 Å². The van der Waals surface area contributed by atoms with E-state index in [1.807, 2.05) is 12.1 Å². The highest BCUT2D eigenvalue weighted by atomic mass is 19.1. The van der Waals surface area contributed by atoms with Gasteiger partial charge in [0.2, 0.25) is 0 Å². The molecule has 1 aromatic rings. The summed E-state index contributed by atoms with van der Waals surface area (Å²) in [5.41, 5.74) is 0.671. The van der Waals surface area contributed by atoms with Gasteiger partial charge in [0.15, 0.2) is 0 Å². The minimum atomic E-state index is -0.177. The minimum absolute atomic E-state index is 0.168. The van der Waals surface area contributed by atoms with Gasteiger partial charge < -0.3 is 10.1 Å². The van der Waals surface area contributed by atoms with Gasteiger partial charge >= 0.3 is 0 Å². The highest BCUT2D eigenvalue weighted by Crippen LogP contribution is 2.24. The number of ether oxygens (including phenoxy) is 1. The van der Waals surface area contributed by atoms with E-state index in [2.05, 4.69) is 19.2 Å². The molecule has 3 heteroatoms. The fourth-order valence-electron chi connectivity index (χ4n) is 2.27. The van der Waals surface area contributed by atoms with Crippen LogP contribution in [0.2, 0.25) is 0 Å². The molecule has 1 atom stereocenters. The zero-order chi connectivity index (χ0) is 14.4. The van der Waals surface area contributed by atoms with Gasteiger partial charge in [0.05, 0.1) is 6.10 Å². The van der Waals surface area contributed by atoms with E-state index < -0.39 is 0 Å². The van der Waals surface area contributed by atoms with Crippen LogP contribution in [0.1, 0.15) is 51.2 Å². The second kappa shape index (κ2) is 7.75. The summed E-state index contributed by atoms with van der Waals surface area (Å²) >= 11 is 0. The average Bonchev–Trinajstić information content (AvgIpc) is 3.23. The lowest BCUT2D eigenvalue weighted by Gasteiger charge is -2.20. The van der Waals surface area contributed by atoms with Crippen molar-refractivity contribution >= 4 is 0 Å². The highest BCUT2D eigenvalue weighted by Gasteiger charge is 2.23. The van der Waals surface area contributed by atoms with Crippen molar-refractivity contribution in [3.05, 3.63) is 35.6 Å². The Labute approximate surface area is 121 Å². The quantitative estimate of drug-likeness (QED) is 0.688. The second-order valence-electron chi connectivity index (χ2n) is 6.10. The van der Waals surface area contributed by atoms with Gasteiger partial charge in [0, 0.05) is 24.8 Å². The smallest absolute Gasteiger partial charge is 0.129 e. The average molecular weight is 279 g/mol. The standard InChI is InChI=1S/C17H26FNO/c1-13(2)6-5-11-20-17(12-19-14-9-10-14)15-7-3-4-8-16(15)18/h3-4,7-8,13-14,17,19H,5-6,9-12H2,1-2H3. The zero-order valence-electron chi connectivity index (χ0n) is 12.6. The molecule has 0 saturated heterocycles. The van der Waals surface area contributed by atoms with Crippen LogP contribution in [0.5, 0.6) is 0 Å². The third-order valence-electron chi connectivity index (χ3n) is 3.67. The number of benzene rings is 1. The summed E-state index contributed by atoms with van der Waals surface area (Å²) in [7, 11) is 0. The van der Waals surface area contributed by atoms with Crippen LogP contribution in [0.15, 0.2) is 24.3 Å². The first-order chi connectivity index (χ1) is 9.66. The normalized spacial score (nSPS) is 16.6.